The Kier molecular flexibility index (Phi) is 1.59. The van der Waals surface area contributed by atoms with E-state index >= 15 is 0 Å². The molecular formula is C5H2ClN3OS. The van der Waals surface area contributed by atoms with Crippen molar-refractivity contribution in [3.05, 3.63) is 16.2 Å². The molecule has 0 saturated heterocycles. The summed E-state index contributed by atoms with van der Waals surface area (Å²) in [6.45, 7) is 0. The van der Waals surface area contributed by atoms with Crippen molar-refractivity contribution in [2.75, 3.05) is 0 Å². The highest BCUT2D eigenvalue weighted by Gasteiger charge is 2.07. The zero-order chi connectivity index (χ0) is 7.68. The van der Waals surface area contributed by atoms with E-state index in [-0.39, 0.29) is 5.35 Å². The molecule has 6 heteroatoms. The molecule has 0 fully saturated rings. The van der Waals surface area contributed by atoms with Gasteiger partial charge in [-0.25, -0.2) is 4.98 Å². The second-order valence-corrected chi connectivity index (χ2v) is 2.78. The Labute approximate surface area is 70.9 Å². The van der Waals surface area contributed by atoms with E-state index in [0.717, 1.165) is 0 Å². The van der Waals surface area contributed by atoms with E-state index in [1.165, 1.54) is 11.3 Å². The third-order valence-corrected chi connectivity index (χ3v) is 1.79. The molecule has 0 N–H and O–H groups in total. The lowest BCUT2D eigenvalue weighted by atomic mass is 10.5. The van der Waals surface area contributed by atoms with Crippen LogP contribution in [0.3, 0.4) is 0 Å². The van der Waals surface area contributed by atoms with Crippen molar-refractivity contribution in [3.63, 3.8) is 0 Å². The zero-order valence-corrected chi connectivity index (χ0v) is 6.76. The molecule has 0 aliphatic carbocycles. The van der Waals surface area contributed by atoms with E-state index in [2.05, 4.69) is 15.2 Å². The molecule has 4 nitrogen and oxygen atoms in total. The summed E-state index contributed by atoms with van der Waals surface area (Å²) in [7, 11) is 0. The summed E-state index contributed by atoms with van der Waals surface area (Å²) >= 11 is 6.87. The van der Waals surface area contributed by atoms with Crippen LogP contribution in [0, 0.1) is 0 Å². The first-order valence-electron chi connectivity index (χ1n) is 2.74. The van der Waals surface area contributed by atoms with E-state index in [9.17, 15) is 0 Å². The lowest BCUT2D eigenvalue weighted by Gasteiger charge is -1.80. The maximum atomic E-state index is 5.41. The minimum Gasteiger partial charge on any atom is -0.406 e. The van der Waals surface area contributed by atoms with Crippen LogP contribution in [0.5, 0.6) is 0 Å². The first-order chi connectivity index (χ1) is 5.36. The number of nitrogens with zero attached hydrogens (tertiary/aromatic N) is 3. The average molecular weight is 188 g/mol. The lowest BCUT2D eigenvalue weighted by Crippen LogP contribution is -1.74. The smallest absolute Gasteiger partial charge is 0.313 e. The number of rotatable bonds is 1. The summed E-state index contributed by atoms with van der Waals surface area (Å²) in [6.07, 6.45) is 0. The average Bonchev–Trinajstić information content (AvgIpc) is 2.55. The predicted molar refractivity (Wildman–Crippen MR) is 40.4 cm³/mol. The molecular weight excluding hydrogens is 186 g/mol. The summed E-state index contributed by atoms with van der Waals surface area (Å²) in [5.41, 5.74) is 2.35. The predicted octanol–water partition coefficient (Wildman–Crippen LogP) is 1.85. The van der Waals surface area contributed by atoms with Crippen LogP contribution >= 0.6 is 22.9 Å². The molecule has 0 atom stereocenters. The zero-order valence-electron chi connectivity index (χ0n) is 5.19. The molecule has 0 radical (unpaired) electrons. The number of aromatic nitrogens is 3. The van der Waals surface area contributed by atoms with Crippen molar-refractivity contribution in [1.82, 2.24) is 15.2 Å². The molecule has 0 bridgehead atoms. The number of hydrogen-bond acceptors (Lipinski definition) is 5. The van der Waals surface area contributed by atoms with Crippen molar-refractivity contribution in [1.29, 1.82) is 0 Å². The van der Waals surface area contributed by atoms with Gasteiger partial charge in [-0.1, -0.05) is 5.10 Å². The van der Waals surface area contributed by atoms with Gasteiger partial charge in [0.15, 0.2) is 0 Å². The highest BCUT2D eigenvalue weighted by atomic mass is 35.5. The fraction of sp³-hybridized carbons (Fsp3) is 0. The van der Waals surface area contributed by atoms with Gasteiger partial charge in [0.2, 0.25) is 0 Å². The molecule has 0 aliphatic rings. The van der Waals surface area contributed by atoms with Crippen molar-refractivity contribution >= 4 is 22.9 Å². The van der Waals surface area contributed by atoms with Gasteiger partial charge in [0.1, 0.15) is 5.69 Å². The van der Waals surface area contributed by atoms with Crippen LogP contribution in [0.1, 0.15) is 0 Å². The molecule has 0 aromatic carbocycles. The van der Waals surface area contributed by atoms with Gasteiger partial charge < -0.3 is 4.42 Å². The fourth-order valence-corrected chi connectivity index (χ4v) is 1.26. The molecule has 0 amide bonds. The molecule has 0 aliphatic heterocycles. The Hall–Kier alpha value is -0.940. The largest absolute Gasteiger partial charge is 0.406 e. The van der Waals surface area contributed by atoms with Crippen molar-refractivity contribution in [2.24, 2.45) is 0 Å². The topological polar surface area (TPSA) is 51.8 Å². The monoisotopic (exact) mass is 187 g/mol. The molecule has 0 unspecified atom stereocenters. The van der Waals surface area contributed by atoms with Gasteiger partial charge in [-0.3, -0.25) is 0 Å². The third-order valence-electron chi connectivity index (χ3n) is 1.05. The van der Waals surface area contributed by atoms with Crippen LogP contribution in [0.15, 0.2) is 15.3 Å². The Balaban J connectivity index is 2.45. The molecule has 2 heterocycles. The van der Waals surface area contributed by atoms with Crippen LogP contribution in [0.4, 0.5) is 0 Å². The van der Waals surface area contributed by atoms with Gasteiger partial charge >= 0.3 is 5.35 Å². The second-order valence-electron chi connectivity index (χ2n) is 1.73. The van der Waals surface area contributed by atoms with Gasteiger partial charge in [-0.05, 0) is 11.6 Å². The Morgan fingerprint density at radius 2 is 2.36 bits per heavy atom. The Bertz CT molecular complexity index is 344. The van der Waals surface area contributed by atoms with E-state index in [4.69, 9.17) is 16.0 Å². The molecule has 2 aromatic heterocycles. The Morgan fingerprint density at radius 3 is 2.91 bits per heavy atom. The molecule has 11 heavy (non-hydrogen) atoms. The molecule has 2 rings (SSSR count). The standard InChI is InChI=1S/C5H2ClN3OS/c6-5-9-8-4(10-5)3-1-11-2-7-3/h1-2H. The minimum absolute atomic E-state index is 0.0352. The SMILES string of the molecule is Clc1nnc(-c2cscn2)o1. The van der Waals surface area contributed by atoms with E-state index in [1.807, 2.05) is 5.38 Å². The molecule has 0 saturated carbocycles. The van der Waals surface area contributed by atoms with Crippen molar-refractivity contribution in [3.8, 4) is 11.6 Å². The summed E-state index contributed by atoms with van der Waals surface area (Å²) in [4.78, 5) is 3.96. The van der Waals surface area contributed by atoms with Crippen LogP contribution in [-0.2, 0) is 0 Å². The Morgan fingerprint density at radius 1 is 1.45 bits per heavy atom. The van der Waals surface area contributed by atoms with Gasteiger partial charge in [0.05, 0.1) is 5.51 Å². The third kappa shape index (κ3) is 1.24. The van der Waals surface area contributed by atoms with Gasteiger partial charge in [-0.15, -0.1) is 16.4 Å². The number of thiazole rings is 1. The number of halogens is 1. The van der Waals surface area contributed by atoms with Crippen LogP contribution in [0.25, 0.3) is 11.6 Å². The quantitative estimate of drug-likeness (QED) is 0.684. The van der Waals surface area contributed by atoms with Gasteiger partial charge in [-0.2, -0.15) is 0 Å². The maximum absolute atomic E-state index is 5.41. The van der Waals surface area contributed by atoms with E-state index < -0.39 is 0 Å². The lowest BCUT2D eigenvalue weighted by molar-refractivity contribution is 0.569. The van der Waals surface area contributed by atoms with Crippen LogP contribution < -0.4 is 0 Å². The summed E-state index contributed by atoms with van der Waals surface area (Å²) in [6, 6.07) is 0. The molecule has 0 spiro atoms. The summed E-state index contributed by atoms with van der Waals surface area (Å²) in [5.74, 6) is 0.358. The van der Waals surface area contributed by atoms with Crippen molar-refractivity contribution in [2.45, 2.75) is 0 Å². The highest BCUT2D eigenvalue weighted by Crippen LogP contribution is 2.18. The van der Waals surface area contributed by atoms with Crippen LogP contribution in [0.2, 0.25) is 5.35 Å². The summed E-state index contributed by atoms with van der Waals surface area (Å²) in [5, 5.41) is 8.98. The van der Waals surface area contributed by atoms with E-state index in [1.54, 1.807) is 5.51 Å². The first kappa shape index (κ1) is 6.75. The summed E-state index contributed by atoms with van der Waals surface area (Å²) < 4.78 is 4.92. The molecule has 2 aromatic rings. The van der Waals surface area contributed by atoms with Crippen LogP contribution in [-0.4, -0.2) is 15.2 Å². The normalized spacial score (nSPS) is 10.3. The number of hydrogen-bond donors (Lipinski definition) is 0. The maximum Gasteiger partial charge on any atom is 0.313 e. The second kappa shape index (κ2) is 2.60. The van der Waals surface area contributed by atoms with Gasteiger partial charge in [0.25, 0.3) is 5.89 Å². The first-order valence-corrected chi connectivity index (χ1v) is 4.06. The highest BCUT2D eigenvalue weighted by molar-refractivity contribution is 7.07. The fourth-order valence-electron chi connectivity index (χ4n) is 0.627. The van der Waals surface area contributed by atoms with E-state index in [0.29, 0.717) is 11.6 Å². The molecule has 56 valence electrons. The van der Waals surface area contributed by atoms with Gasteiger partial charge in [0, 0.05) is 5.38 Å². The van der Waals surface area contributed by atoms with Crippen molar-refractivity contribution < 1.29 is 4.42 Å². The minimum atomic E-state index is 0.0352.